The van der Waals surface area contributed by atoms with E-state index in [9.17, 15) is 4.79 Å². The summed E-state index contributed by atoms with van der Waals surface area (Å²) < 4.78 is 0. The van der Waals surface area contributed by atoms with E-state index in [0.717, 1.165) is 25.2 Å². The van der Waals surface area contributed by atoms with Crippen molar-refractivity contribution in [3.8, 4) is 0 Å². The van der Waals surface area contributed by atoms with E-state index < -0.39 is 0 Å². The average molecular weight is 193 g/mol. The monoisotopic (exact) mass is 193 g/mol. The Hall–Kier alpha value is -1.29. The van der Waals surface area contributed by atoms with Gasteiger partial charge in [0.2, 0.25) is 5.91 Å². The summed E-state index contributed by atoms with van der Waals surface area (Å²) in [6.45, 7) is 0.953. The summed E-state index contributed by atoms with van der Waals surface area (Å²) in [5.41, 5.74) is 0. The summed E-state index contributed by atoms with van der Waals surface area (Å²) in [5, 5.41) is 3.19. The first-order valence-electron chi connectivity index (χ1n) is 4.93. The maximum atomic E-state index is 11.9. The number of hydrogen-bond donors (Lipinski definition) is 2. The fraction of sp³-hybridized carbons (Fsp3) is 0.500. The zero-order valence-electron chi connectivity index (χ0n) is 8.29. The number of hydrogen-bond acceptors (Lipinski definition) is 2. The highest BCUT2D eigenvalue weighted by Gasteiger charge is 2.25. The molecule has 0 aromatic carbocycles. The molecule has 14 heavy (non-hydrogen) atoms. The average Bonchev–Trinajstić information content (AvgIpc) is 2.87. The van der Waals surface area contributed by atoms with E-state index in [1.807, 2.05) is 18.3 Å². The van der Waals surface area contributed by atoms with E-state index in [1.165, 1.54) is 0 Å². The van der Waals surface area contributed by atoms with Crippen LogP contribution in [0.15, 0.2) is 18.3 Å². The second-order valence-corrected chi connectivity index (χ2v) is 3.60. The molecule has 1 unspecified atom stereocenters. The van der Waals surface area contributed by atoms with Crippen LogP contribution in [-0.4, -0.2) is 30.5 Å². The molecule has 1 aromatic heterocycles. The van der Waals surface area contributed by atoms with Crippen molar-refractivity contribution in [1.29, 1.82) is 0 Å². The number of nitrogens with zero attached hydrogens (tertiary/aromatic N) is 1. The van der Waals surface area contributed by atoms with Gasteiger partial charge in [0.1, 0.15) is 5.82 Å². The molecule has 0 bridgehead atoms. The lowest BCUT2D eigenvalue weighted by atomic mass is 10.2. The van der Waals surface area contributed by atoms with Crippen LogP contribution >= 0.6 is 0 Å². The minimum absolute atomic E-state index is 0.00306. The van der Waals surface area contributed by atoms with E-state index >= 15 is 0 Å². The number of carbonyl (C=O) groups excluding carboxylic acids is 1. The van der Waals surface area contributed by atoms with Crippen molar-refractivity contribution in [2.24, 2.45) is 0 Å². The molecule has 0 spiro atoms. The molecule has 2 heterocycles. The third-order valence-electron chi connectivity index (χ3n) is 2.63. The Morgan fingerprint density at radius 3 is 3.07 bits per heavy atom. The first-order valence-corrected chi connectivity index (χ1v) is 4.93. The zero-order chi connectivity index (χ0) is 9.97. The van der Waals surface area contributed by atoms with Gasteiger partial charge in [-0.1, -0.05) is 0 Å². The first kappa shape index (κ1) is 9.27. The maximum absolute atomic E-state index is 11.9. The molecule has 4 heteroatoms. The van der Waals surface area contributed by atoms with Gasteiger partial charge in [-0.2, -0.15) is 0 Å². The van der Waals surface area contributed by atoms with Crippen molar-refractivity contribution in [2.45, 2.75) is 18.9 Å². The number of carbonyl (C=O) groups is 1. The molecule has 1 saturated heterocycles. The third kappa shape index (κ3) is 1.65. The van der Waals surface area contributed by atoms with Gasteiger partial charge in [0, 0.05) is 13.2 Å². The van der Waals surface area contributed by atoms with Crippen LogP contribution in [-0.2, 0) is 4.79 Å². The molecule has 4 nitrogen and oxygen atoms in total. The highest BCUT2D eigenvalue weighted by atomic mass is 16.2. The lowest BCUT2D eigenvalue weighted by Crippen LogP contribution is -2.41. The van der Waals surface area contributed by atoms with Crippen LogP contribution in [0.2, 0.25) is 0 Å². The predicted octanol–water partition coefficient (Wildman–Crippen LogP) is 0.729. The van der Waals surface area contributed by atoms with Crippen molar-refractivity contribution in [3.05, 3.63) is 18.3 Å². The second kappa shape index (κ2) is 3.84. The first-order chi connectivity index (χ1) is 6.79. The molecule has 1 aromatic rings. The van der Waals surface area contributed by atoms with Crippen molar-refractivity contribution >= 4 is 11.7 Å². The quantitative estimate of drug-likeness (QED) is 0.727. The Labute approximate surface area is 83.3 Å². The van der Waals surface area contributed by atoms with Gasteiger partial charge in [-0.3, -0.25) is 4.79 Å². The number of aromatic amines is 1. The van der Waals surface area contributed by atoms with Gasteiger partial charge < -0.3 is 15.2 Å². The number of amides is 1. The lowest BCUT2D eigenvalue weighted by molar-refractivity contribution is -0.120. The van der Waals surface area contributed by atoms with Gasteiger partial charge in [0.05, 0.1) is 6.04 Å². The van der Waals surface area contributed by atoms with E-state index in [4.69, 9.17) is 0 Å². The molecule has 1 amide bonds. The highest BCUT2D eigenvalue weighted by Crippen LogP contribution is 2.13. The van der Waals surface area contributed by atoms with Gasteiger partial charge in [-0.05, 0) is 31.5 Å². The molecule has 1 aliphatic heterocycles. The maximum Gasteiger partial charge on any atom is 0.244 e. The van der Waals surface area contributed by atoms with Crippen molar-refractivity contribution < 1.29 is 4.79 Å². The van der Waals surface area contributed by atoms with Gasteiger partial charge in [0.15, 0.2) is 0 Å². The van der Waals surface area contributed by atoms with Crippen molar-refractivity contribution in [2.75, 3.05) is 18.5 Å². The molecule has 0 aliphatic carbocycles. The van der Waals surface area contributed by atoms with Crippen LogP contribution in [0.1, 0.15) is 12.8 Å². The SMILES string of the molecule is CN(C(=O)C1CCCN1)c1ccc[nH]1. The molecule has 1 fully saturated rings. The third-order valence-corrected chi connectivity index (χ3v) is 2.63. The van der Waals surface area contributed by atoms with Crippen LogP contribution in [0, 0.1) is 0 Å². The van der Waals surface area contributed by atoms with E-state index in [-0.39, 0.29) is 11.9 Å². The molecule has 76 valence electrons. The van der Waals surface area contributed by atoms with Crippen molar-refractivity contribution in [3.63, 3.8) is 0 Å². The topological polar surface area (TPSA) is 48.1 Å². The molecule has 1 atom stereocenters. The van der Waals surface area contributed by atoms with Gasteiger partial charge in [-0.15, -0.1) is 0 Å². The summed E-state index contributed by atoms with van der Waals surface area (Å²) in [5.74, 6) is 0.994. The fourth-order valence-electron chi connectivity index (χ4n) is 1.78. The Balaban J connectivity index is 2.04. The smallest absolute Gasteiger partial charge is 0.244 e. The van der Waals surface area contributed by atoms with Gasteiger partial charge in [-0.25, -0.2) is 0 Å². The summed E-state index contributed by atoms with van der Waals surface area (Å²) in [6.07, 6.45) is 3.86. The normalized spacial score (nSPS) is 21.1. The Bertz CT molecular complexity index is 301. The lowest BCUT2D eigenvalue weighted by Gasteiger charge is -2.19. The molecule has 0 radical (unpaired) electrons. The Morgan fingerprint density at radius 1 is 1.64 bits per heavy atom. The number of rotatable bonds is 2. The van der Waals surface area contributed by atoms with E-state index in [1.54, 1.807) is 11.9 Å². The molecule has 2 N–H and O–H groups in total. The molecular weight excluding hydrogens is 178 g/mol. The van der Waals surface area contributed by atoms with Gasteiger partial charge in [0.25, 0.3) is 0 Å². The number of nitrogens with one attached hydrogen (secondary N) is 2. The van der Waals surface area contributed by atoms with E-state index in [2.05, 4.69) is 10.3 Å². The number of H-pyrrole nitrogens is 1. The van der Waals surface area contributed by atoms with Gasteiger partial charge >= 0.3 is 0 Å². The molecule has 2 rings (SSSR count). The zero-order valence-corrected chi connectivity index (χ0v) is 8.29. The molecular formula is C10H15N3O. The minimum Gasteiger partial charge on any atom is -0.348 e. The fourth-order valence-corrected chi connectivity index (χ4v) is 1.78. The van der Waals surface area contributed by atoms with Crippen molar-refractivity contribution in [1.82, 2.24) is 10.3 Å². The minimum atomic E-state index is 0.00306. The molecule has 1 aliphatic rings. The number of likely N-dealkylation sites (N-methyl/N-ethyl adjacent to an activating group) is 1. The van der Waals surface area contributed by atoms with Crippen LogP contribution in [0.25, 0.3) is 0 Å². The Morgan fingerprint density at radius 2 is 2.50 bits per heavy atom. The van der Waals surface area contributed by atoms with Crippen LogP contribution in [0.5, 0.6) is 0 Å². The summed E-state index contributed by atoms with van der Waals surface area (Å²) in [7, 11) is 1.80. The highest BCUT2D eigenvalue weighted by molar-refractivity contribution is 5.96. The summed E-state index contributed by atoms with van der Waals surface area (Å²) in [6, 6.07) is 3.79. The Kier molecular flexibility index (Phi) is 2.54. The van der Waals surface area contributed by atoms with Crippen LogP contribution < -0.4 is 10.2 Å². The largest absolute Gasteiger partial charge is 0.348 e. The van der Waals surface area contributed by atoms with Crippen LogP contribution in [0.4, 0.5) is 5.82 Å². The summed E-state index contributed by atoms with van der Waals surface area (Å²) >= 11 is 0. The number of anilines is 1. The second-order valence-electron chi connectivity index (χ2n) is 3.60. The predicted molar refractivity (Wildman–Crippen MR) is 55.2 cm³/mol. The summed E-state index contributed by atoms with van der Waals surface area (Å²) in [4.78, 5) is 16.6. The number of aromatic nitrogens is 1. The molecule has 0 saturated carbocycles. The van der Waals surface area contributed by atoms with Crippen LogP contribution in [0.3, 0.4) is 0 Å². The van der Waals surface area contributed by atoms with E-state index in [0.29, 0.717) is 0 Å². The standard InChI is InChI=1S/C10H15N3O/c1-13(9-5-3-7-12-9)10(14)8-4-2-6-11-8/h3,5,7-8,11-12H,2,4,6H2,1H3.